The molecule has 1 aliphatic carbocycles. The van der Waals surface area contributed by atoms with E-state index in [1.54, 1.807) is 0 Å². The Morgan fingerprint density at radius 1 is 1.14 bits per heavy atom. The molecule has 2 aromatic rings. The van der Waals surface area contributed by atoms with E-state index >= 15 is 0 Å². The summed E-state index contributed by atoms with van der Waals surface area (Å²) in [4.78, 5) is 7.41. The van der Waals surface area contributed by atoms with Crippen molar-refractivity contribution in [1.82, 2.24) is 15.2 Å². The number of hydrogen-bond acceptors (Lipinski definition) is 3. The van der Waals surface area contributed by atoms with Crippen LogP contribution in [-0.2, 0) is 6.54 Å². The zero-order chi connectivity index (χ0) is 14.1. The summed E-state index contributed by atoms with van der Waals surface area (Å²) >= 11 is 0. The zero-order valence-corrected chi connectivity index (χ0v) is 12.5. The van der Waals surface area contributed by atoms with Gasteiger partial charge >= 0.3 is 0 Å². The first kappa shape index (κ1) is 13.2. The summed E-state index contributed by atoms with van der Waals surface area (Å²) in [7, 11) is 0. The maximum Gasteiger partial charge on any atom is 0.0705 e. The van der Waals surface area contributed by atoms with Crippen molar-refractivity contribution >= 4 is 10.9 Å². The molecule has 3 heteroatoms. The molecule has 21 heavy (non-hydrogen) atoms. The zero-order valence-electron chi connectivity index (χ0n) is 12.5. The first-order chi connectivity index (χ1) is 10.4. The van der Waals surface area contributed by atoms with Crippen LogP contribution in [0.25, 0.3) is 10.9 Å². The fourth-order valence-corrected chi connectivity index (χ4v) is 3.41. The van der Waals surface area contributed by atoms with Crippen LogP contribution in [-0.4, -0.2) is 35.6 Å². The average Bonchev–Trinajstić information content (AvgIpc) is 3.34. The summed E-state index contributed by atoms with van der Waals surface area (Å²) in [6, 6.07) is 13.5. The van der Waals surface area contributed by atoms with Crippen molar-refractivity contribution in [2.75, 3.05) is 19.6 Å². The van der Waals surface area contributed by atoms with Gasteiger partial charge in [-0.05, 0) is 50.4 Å². The quantitative estimate of drug-likeness (QED) is 0.937. The van der Waals surface area contributed by atoms with Gasteiger partial charge in [-0.1, -0.05) is 24.3 Å². The van der Waals surface area contributed by atoms with Crippen molar-refractivity contribution in [3.05, 3.63) is 42.1 Å². The molecule has 0 spiro atoms. The van der Waals surface area contributed by atoms with E-state index < -0.39 is 0 Å². The van der Waals surface area contributed by atoms with Crippen LogP contribution in [0.15, 0.2) is 36.4 Å². The Labute approximate surface area is 126 Å². The first-order valence-corrected chi connectivity index (χ1v) is 8.19. The number of pyridine rings is 1. The van der Waals surface area contributed by atoms with E-state index in [1.165, 1.54) is 50.0 Å². The van der Waals surface area contributed by atoms with E-state index in [2.05, 4.69) is 46.6 Å². The summed E-state index contributed by atoms with van der Waals surface area (Å²) in [6.45, 7) is 4.52. The second-order valence-corrected chi connectivity index (χ2v) is 6.48. The number of nitrogens with zero attached hydrogens (tertiary/aromatic N) is 2. The van der Waals surface area contributed by atoms with Crippen molar-refractivity contribution in [1.29, 1.82) is 0 Å². The molecule has 1 N–H and O–H groups in total. The first-order valence-electron chi connectivity index (χ1n) is 8.19. The van der Waals surface area contributed by atoms with Crippen LogP contribution in [0.5, 0.6) is 0 Å². The predicted octanol–water partition coefficient (Wildman–Crippen LogP) is 2.81. The summed E-state index contributed by atoms with van der Waals surface area (Å²) < 4.78 is 0. The highest BCUT2D eigenvalue weighted by Gasteiger charge is 2.33. The molecule has 1 unspecified atom stereocenters. The Bertz CT molecular complexity index is 621. The molecule has 1 saturated heterocycles. The van der Waals surface area contributed by atoms with Crippen LogP contribution in [0.4, 0.5) is 0 Å². The molecular formula is C18H23N3. The smallest absolute Gasteiger partial charge is 0.0705 e. The van der Waals surface area contributed by atoms with Gasteiger partial charge in [0.05, 0.1) is 11.2 Å². The minimum absolute atomic E-state index is 0.702. The summed E-state index contributed by atoms with van der Waals surface area (Å²) in [6.07, 6.45) is 4.08. The SMILES string of the molecule is c1ccc2nc(CN3CCCNC(C4CC4)C3)ccc2c1. The third kappa shape index (κ3) is 3.09. The fourth-order valence-electron chi connectivity index (χ4n) is 3.41. The van der Waals surface area contributed by atoms with Gasteiger partial charge in [0.1, 0.15) is 0 Å². The van der Waals surface area contributed by atoms with Gasteiger partial charge in [0.15, 0.2) is 0 Å². The number of fused-ring (bicyclic) bond motifs is 1. The monoisotopic (exact) mass is 281 g/mol. The second-order valence-electron chi connectivity index (χ2n) is 6.48. The lowest BCUT2D eigenvalue weighted by Crippen LogP contribution is -2.39. The highest BCUT2D eigenvalue weighted by molar-refractivity contribution is 5.78. The largest absolute Gasteiger partial charge is 0.312 e. The molecule has 0 amide bonds. The molecule has 1 aromatic carbocycles. The van der Waals surface area contributed by atoms with Gasteiger partial charge in [0.25, 0.3) is 0 Å². The van der Waals surface area contributed by atoms with Crippen LogP contribution >= 0.6 is 0 Å². The maximum absolute atomic E-state index is 4.82. The van der Waals surface area contributed by atoms with E-state index in [-0.39, 0.29) is 0 Å². The highest BCUT2D eigenvalue weighted by atomic mass is 15.2. The van der Waals surface area contributed by atoms with Gasteiger partial charge in [-0.2, -0.15) is 0 Å². The lowest BCUT2D eigenvalue weighted by atomic mass is 10.1. The number of rotatable bonds is 3. The molecule has 1 saturated carbocycles. The molecule has 110 valence electrons. The Hall–Kier alpha value is -1.45. The molecule has 4 rings (SSSR count). The van der Waals surface area contributed by atoms with Crippen molar-refractivity contribution in [2.45, 2.75) is 31.8 Å². The maximum atomic E-state index is 4.82. The molecule has 2 aliphatic rings. The lowest BCUT2D eigenvalue weighted by Gasteiger charge is -2.24. The van der Waals surface area contributed by atoms with Crippen LogP contribution < -0.4 is 5.32 Å². The van der Waals surface area contributed by atoms with Crippen molar-refractivity contribution in [3.8, 4) is 0 Å². The number of hydrogen-bond donors (Lipinski definition) is 1. The van der Waals surface area contributed by atoms with Gasteiger partial charge in [0, 0.05) is 24.5 Å². The molecule has 1 atom stereocenters. The summed E-state index contributed by atoms with van der Waals surface area (Å²) in [5, 5.41) is 4.96. The van der Waals surface area contributed by atoms with Gasteiger partial charge in [0.2, 0.25) is 0 Å². The van der Waals surface area contributed by atoms with Crippen molar-refractivity contribution < 1.29 is 0 Å². The molecular weight excluding hydrogens is 258 g/mol. The molecule has 2 fully saturated rings. The number of para-hydroxylation sites is 1. The Morgan fingerprint density at radius 2 is 2.05 bits per heavy atom. The van der Waals surface area contributed by atoms with E-state index in [0.29, 0.717) is 6.04 Å². The topological polar surface area (TPSA) is 28.2 Å². The number of nitrogens with one attached hydrogen (secondary N) is 1. The van der Waals surface area contributed by atoms with Gasteiger partial charge in [-0.15, -0.1) is 0 Å². The van der Waals surface area contributed by atoms with E-state index in [0.717, 1.165) is 18.0 Å². The number of aromatic nitrogens is 1. The molecule has 1 aliphatic heterocycles. The second kappa shape index (κ2) is 5.74. The molecule has 3 nitrogen and oxygen atoms in total. The van der Waals surface area contributed by atoms with E-state index in [1.807, 2.05) is 0 Å². The third-order valence-corrected chi connectivity index (χ3v) is 4.75. The summed E-state index contributed by atoms with van der Waals surface area (Å²) in [5.41, 5.74) is 2.31. The third-order valence-electron chi connectivity index (χ3n) is 4.75. The van der Waals surface area contributed by atoms with Gasteiger partial charge in [-0.3, -0.25) is 9.88 Å². The van der Waals surface area contributed by atoms with Crippen molar-refractivity contribution in [3.63, 3.8) is 0 Å². The van der Waals surface area contributed by atoms with Crippen LogP contribution in [0.3, 0.4) is 0 Å². The van der Waals surface area contributed by atoms with Crippen LogP contribution in [0.2, 0.25) is 0 Å². The predicted molar refractivity (Wildman–Crippen MR) is 86.2 cm³/mol. The number of benzene rings is 1. The lowest BCUT2D eigenvalue weighted by molar-refractivity contribution is 0.248. The van der Waals surface area contributed by atoms with Crippen molar-refractivity contribution in [2.24, 2.45) is 5.92 Å². The Kier molecular flexibility index (Phi) is 3.62. The molecule has 1 aromatic heterocycles. The normalized spacial score (nSPS) is 24.1. The molecule has 0 radical (unpaired) electrons. The highest BCUT2D eigenvalue weighted by Crippen LogP contribution is 2.33. The molecule has 0 bridgehead atoms. The van der Waals surface area contributed by atoms with Crippen LogP contribution in [0, 0.1) is 5.92 Å². The average molecular weight is 281 g/mol. The Balaban J connectivity index is 1.49. The van der Waals surface area contributed by atoms with Crippen LogP contribution in [0.1, 0.15) is 25.0 Å². The standard InChI is InChI=1S/C18H23N3/c1-2-5-17-14(4-1)8-9-16(20-17)12-21-11-3-10-19-18(13-21)15-6-7-15/h1-2,4-5,8-9,15,18-19H,3,6-7,10-13H2. The van der Waals surface area contributed by atoms with E-state index in [9.17, 15) is 0 Å². The Morgan fingerprint density at radius 3 is 2.95 bits per heavy atom. The van der Waals surface area contributed by atoms with E-state index in [4.69, 9.17) is 4.98 Å². The minimum Gasteiger partial charge on any atom is -0.312 e. The summed E-state index contributed by atoms with van der Waals surface area (Å²) in [5.74, 6) is 0.926. The van der Waals surface area contributed by atoms with Gasteiger partial charge in [-0.25, -0.2) is 0 Å². The van der Waals surface area contributed by atoms with Gasteiger partial charge < -0.3 is 5.32 Å². The minimum atomic E-state index is 0.702. The fraction of sp³-hybridized carbons (Fsp3) is 0.500. The molecule has 2 heterocycles.